The summed E-state index contributed by atoms with van der Waals surface area (Å²) in [5, 5.41) is 131. The molecular formula is C75H81Cl2FN10O24. The minimum Gasteiger partial charge on any atom is -0.508 e. The number of carboxylic acid groups (broad SMARTS) is 1. The lowest BCUT2D eigenvalue weighted by molar-refractivity contribution is -0.333. The molecule has 8 heterocycles. The number of likely N-dealkylation sites (N-methyl/N-ethyl adjacent to an activating group) is 1. The third kappa shape index (κ3) is 18.0. The molecule has 21 N–H and O–H groups in total. The Kier molecular flexibility index (Phi) is 25.1. The van der Waals surface area contributed by atoms with E-state index in [1.54, 1.807) is 12.1 Å². The summed E-state index contributed by atoms with van der Waals surface area (Å²) < 4.78 is 50.8. The van der Waals surface area contributed by atoms with E-state index in [2.05, 4.69) is 42.2 Å². The number of aliphatic carboxylic acids is 1. The van der Waals surface area contributed by atoms with Crippen LogP contribution >= 0.6 is 23.2 Å². The van der Waals surface area contributed by atoms with E-state index < -0.39 is 243 Å². The highest BCUT2D eigenvalue weighted by atomic mass is 35.5. The van der Waals surface area contributed by atoms with Crippen LogP contribution in [0.5, 0.6) is 46.0 Å². The number of aromatic nitrogens is 1. The fourth-order valence-electron chi connectivity index (χ4n) is 13.5. The second-order valence-corrected chi connectivity index (χ2v) is 28.9. The summed E-state index contributed by atoms with van der Waals surface area (Å²) >= 11 is 14.1. The molecule has 7 aliphatic rings. The normalized spacial score (nSPS) is 27.6. The first-order valence-electron chi connectivity index (χ1n) is 35.0. The number of aliphatic hydroxyl groups excluding tert-OH is 6. The van der Waals surface area contributed by atoms with Crippen molar-refractivity contribution in [2.45, 2.75) is 156 Å². The molecule has 34 nitrogen and oxygen atoms in total. The van der Waals surface area contributed by atoms with Crippen LogP contribution in [0.4, 0.5) is 4.39 Å². The molecule has 37 heteroatoms. The molecule has 0 spiro atoms. The molecule has 7 aromatic rings. The van der Waals surface area contributed by atoms with Crippen LogP contribution in [0, 0.1) is 11.9 Å². The number of halogens is 3. The van der Waals surface area contributed by atoms with Crippen molar-refractivity contribution >= 4 is 81.4 Å². The summed E-state index contributed by atoms with van der Waals surface area (Å²) in [5.74, 6) is -16.4. The number of nitrogens with two attached hydrogens (primary N) is 2. The molecular weight excluding hydrogens is 1510 g/mol. The minimum atomic E-state index is -2.35. The number of fused-ring (bicyclic) bond motifs is 16. The maximum atomic E-state index is 16.0. The number of phenolic OH excluding ortho intramolecular Hbond substituents is 3. The zero-order chi connectivity index (χ0) is 81.2. The summed E-state index contributed by atoms with van der Waals surface area (Å²) in [7, 11) is 1.47. The molecule has 6 aromatic carbocycles. The number of nitrogens with one attached hydrogen (secondary N) is 7. The van der Waals surface area contributed by atoms with Gasteiger partial charge in [-0.05, 0) is 128 Å². The monoisotopic (exact) mass is 1590 g/mol. The molecule has 2 saturated heterocycles. The Morgan fingerprint density at radius 2 is 1.34 bits per heavy atom. The fourth-order valence-corrected chi connectivity index (χ4v) is 14.0. The van der Waals surface area contributed by atoms with Crippen LogP contribution in [-0.4, -0.2) is 196 Å². The maximum absolute atomic E-state index is 16.0. The first kappa shape index (κ1) is 82.3. The summed E-state index contributed by atoms with van der Waals surface area (Å²) in [6, 6.07) is 9.85. The fraction of sp³-hybridized carbons (Fsp3) is 0.373. The Balaban J connectivity index is 0.00000103. The molecule has 18 atom stereocenters. The lowest BCUT2D eigenvalue weighted by atomic mass is 9.86. The number of primary amides is 1. The van der Waals surface area contributed by atoms with Crippen LogP contribution in [0.15, 0.2) is 115 Å². The number of hydrogen-bond acceptors (Lipinski definition) is 26. The molecule has 1 unspecified atom stereocenters. The Labute approximate surface area is 646 Å². The van der Waals surface area contributed by atoms with Crippen LogP contribution in [0.2, 0.25) is 10.0 Å². The van der Waals surface area contributed by atoms with Gasteiger partial charge in [0.2, 0.25) is 59.3 Å². The van der Waals surface area contributed by atoms with Gasteiger partial charge in [-0.2, -0.15) is 4.39 Å². The predicted molar refractivity (Wildman–Crippen MR) is 391 cm³/mol. The Morgan fingerprint density at radius 3 is 1.96 bits per heavy atom. The zero-order valence-electron chi connectivity index (χ0n) is 60.1. The predicted octanol–water partition coefficient (Wildman–Crippen LogP) is 2.48. The molecule has 2 fully saturated rings. The molecule has 7 aliphatic heterocycles. The van der Waals surface area contributed by atoms with Crippen molar-refractivity contribution in [3.63, 3.8) is 0 Å². The number of hydrogen-bond donors (Lipinski definition) is 19. The van der Waals surface area contributed by atoms with Gasteiger partial charge in [0.1, 0.15) is 89.5 Å². The SMILES string of the molecule is CN[C@H](CC(C)C)C(=O)N[C@H]1C(=O)N[C@@H](CC(N)=O)C(=O)N[C@H]2C(=O)N[C@H]3C(=O)N[C@H](C(=O)N[C@@H](C(=O)O)c4cc(O)cc(O)c4-c4cc3ccc4O)[C@H](O)c3ccc(c(Cl)c3)Oc3cc2cc(c3O[C@@H]2O[C@H](CO)[C@@H](O)[C@H](O)[C@H]2O[C@H]2C[C@](C)(N)C(O)[C@H](C)O2)Oc2ccc(cc2Cl)[C@H]1O.Fc1ccc2ccccc2n1. The highest BCUT2D eigenvalue weighted by Crippen LogP contribution is 2.50. The number of phenols is 3. The van der Waals surface area contributed by atoms with Gasteiger partial charge in [-0.15, -0.1) is 0 Å². The zero-order valence-corrected chi connectivity index (χ0v) is 61.6. The van der Waals surface area contributed by atoms with Gasteiger partial charge in [-0.1, -0.05) is 73.4 Å². The Hall–Kier alpha value is -10.6. The number of ether oxygens (including phenoxy) is 6. The number of amides is 7. The number of pyridine rings is 1. The van der Waals surface area contributed by atoms with Gasteiger partial charge in [0.15, 0.2) is 29.9 Å². The van der Waals surface area contributed by atoms with Crippen LogP contribution in [-0.2, 0) is 52.6 Å². The van der Waals surface area contributed by atoms with E-state index >= 15 is 14.4 Å². The molecule has 596 valence electrons. The van der Waals surface area contributed by atoms with Crippen molar-refractivity contribution in [2.75, 3.05) is 13.7 Å². The number of rotatable bonds is 13. The summed E-state index contributed by atoms with van der Waals surface area (Å²) in [5.41, 5.74) is 8.71. The molecule has 0 saturated carbocycles. The smallest absolute Gasteiger partial charge is 0.330 e. The van der Waals surface area contributed by atoms with Crippen LogP contribution in [0.3, 0.4) is 0 Å². The lowest BCUT2D eigenvalue weighted by Gasteiger charge is -2.47. The first-order chi connectivity index (χ1) is 53.0. The molecule has 112 heavy (non-hydrogen) atoms. The second-order valence-electron chi connectivity index (χ2n) is 28.0. The van der Waals surface area contributed by atoms with Crippen molar-refractivity contribution in [1.82, 2.24) is 42.2 Å². The van der Waals surface area contributed by atoms with Crippen molar-refractivity contribution in [3.05, 3.63) is 159 Å². The summed E-state index contributed by atoms with van der Waals surface area (Å²) in [4.78, 5) is 121. The van der Waals surface area contributed by atoms with E-state index in [9.17, 15) is 79.4 Å². The average Bonchev–Trinajstić information content (AvgIpc) is 0.768. The van der Waals surface area contributed by atoms with Crippen molar-refractivity contribution in [3.8, 4) is 57.1 Å². The largest absolute Gasteiger partial charge is 0.508 e. The molecule has 0 radical (unpaired) electrons. The Morgan fingerprint density at radius 1 is 0.714 bits per heavy atom. The van der Waals surface area contributed by atoms with Gasteiger partial charge < -0.3 is 128 Å². The van der Waals surface area contributed by atoms with E-state index in [-0.39, 0.29) is 46.2 Å². The van der Waals surface area contributed by atoms with Gasteiger partial charge in [0.25, 0.3) is 0 Å². The quantitative estimate of drug-likeness (QED) is 0.0737. The van der Waals surface area contributed by atoms with Gasteiger partial charge in [0, 0.05) is 40.1 Å². The van der Waals surface area contributed by atoms with E-state index in [1.165, 1.54) is 39.1 Å². The van der Waals surface area contributed by atoms with E-state index in [1.807, 2.05) is 32.0 Å². The number of aromatic hydroxyl groups is 3. The number of aliphatic hydroxyl groups is 6. The highest BCUT2D eigenvalue weighted by molar-refractivity contribution is 6.32. The van der Waals surface area contributed by atoms with Gasteiger partial charge in [0.05, 0.1) is 46.8 Å². The molecule has 11 bridgehead atoms. The number of carboxylic acids is 1. The second kappa shape index (κ2) is 34.1. The minimum absolute atomic E-state index is 0.0975. The first-order valence-corrected chi connectivity index (χ1v) is 35.8. The molecule has 1 aromatic heterocycles. The molecule has 7 amide bonds. The van der Waals surface area contributed by atoms with E-state index in [0.717, 1.165) is 72.1 Å². The van der Waals surface area contributed by atoms with Gasteiger partial charge in [-0.25, -0.2) is 9.78 Å². The summed E-state index contributed by atoms with van der Waals surface area (Å²) in [6.45, 7) is 5.66. The molecule has 14 rings (SSSR count). The van der Waals surface area contributed by atoms with E-state index in [0.29, 0.717) is 5.52 Å². The standard InChI is InChI=1S/C66H75Cl2N9O24.C9H6FN/c1-23(2)12-34(71-5)58(88)76-49-51(83)26-7-10-38(32(67)14-26)97-40-16-28-17-41(55(40)101-65-56(54(86)53(85)42(22-78)99-65)100-44-21-66(4,70)57(87)24(3)96-44)98-39-11-8-27(15-33(39)68)52(84)50-63(93)75-48(64(94)95)31-18-29(79)19-37(81)45(31)30-13-25(6-9-36(30)80)46(60(90)77-50)74-61(91)47(28)73-59(89)35(20-43(69)82)72-62(49)92;10-9-6-5-7-3-1-2-4-8(7)11-9/h6-11,13-19,23-24,34-35,42,44,46-54,56-57,65,71,78-81,83-87H,12,20-22,70H2,1-5H3,(H2,69,82)(H,72,92)(H,73,89)(H,74,91)(H,75,93)(H,76,88)(H,77,90)(H,94,95);1-6H/t24-,34+,35-,42+,44-,46+,47+,48+,49+,50-,51+,52+,53+,54-,56+,57?,65-,66-;/m0./s1. The van der Waals surface area contributed by atoms with Crippen molar-refractivity contribution in [1.29, 1.82) is 0 Å². The van der Waals surface area contributed by atoms with Crippen molar-refractivity contribution in [2.24, 2.45) is 17.4 Å². The topological polar surface area (TPSA) is 543 Å². The number of carbonyl (C=O) groups excluding carboxylic acids is 7. The van der Waals surface area contributed by atoms with Gasteiger partial charge in [-0.3, -0.25) is 33.6 Å². The third-order valence-corrected chi connectivity index (χ3v) is 19.9. The van der Waals surface area contributed by atoms with Crippen molar-refractivity contribution < 1.29 is 122 Å². The van der Waals surface area contributed by atoms with Crippen LogP contribution in [0.25, 0.3) is 22.0 Å². The van der Waals surface area contributed by atoms with E-state index in [4.69, 9.17) is 63.1 Å². The number of para-hydroxylation sites is 1. The maximum Gasteiger partial charge on any atom is 0.330 e. The number of nitrogens with zero attached hydrogens (tertiary/aromatic N) is 1. The average molecular weight is 1600 g/mol. The number of benzene rings is 6. The highest BCUT2D eigenvalue weighted by Gasteiger charge is 2.52. The van der Waals surface area contributed by atoms with Crippen LogP contribution in [0.1, 0.15) is 105 Å². The Bertz CT molecular complexity index is 4800. The van der Waals surface area contributed by atoms with Gasteiger partial charge >= 0.3 is 5.97 Å². The van der Waals surface area contributed by atoms with Crippen LogP contribution < -0.4 is 62.9 Å². The third-order valence-electron chi connectivity index (χ3n) is 19.3. The number of carbonyl (C=O) groups is 8. The summed E-state index contributed by atoms with van der Waals surface area (Å²) in [6.07, 6.45) is -18.6. The molecule has 0 aliphatic carbocycles. The lowest BCUT2D eigenvalue weighted by Crippen LogP contribution is -2.64.